The van der Waals surface area contributed by atoms with Gasteiger partial charge in [0.25, 0.3) is 0 Å². The van der Waals surface area contributed by atoms with Crippen LogP contribution in [0.3, 0.4) is 0 Å². The first kappa shape index (κ1) is 14.7. The summed E-state index contributed by atoms with van der Waals surface area (Å²) in [6.07, 6.45) is 0.937. The maximum Gasteiger partial charge on any atom is 0.123 e. The van der Waals surface area contributed by atoms with E-state index >= 15 is 0 Å². The highest BCUT2D eigenvalue weighted by atomic mass is 19.1. The Morgan fingerprint density at radius 1 is 1.35 bits per heavy atom. The van der Waals surface area contributed by atoms with Crippen LogP contribution in [0.25, 0.3) is 0 Å². The van der Waals surface area contributed by atoms with E-state index < -0.39 is 0 Å². The highest BCUT2D eigenvalue weighted by Gasteiger charge is 2.23. The third-order valence-corrected chi connectivity index (χ3v) is 3.78. The summed E-state index contributed by atoms with van der Waals surface area (Å²) < 4.78 is 15.4. The van der Waals surface area contributed by atoms with Crippen LogP contribution < -0.4 is 5.73 Å². The van der Waals surface area contributed by atoms with Crippen molar-refractivity contribution in [3.63, 3.8) is 0 Å². The summed E-state index contributed by atoms with van der Waals surface area (Å²) >= 11 is 0. The van der Waals surface area contributed by atoms with Crippen LogP contribution in [-0.4, -0.2) is 15.8 Å². The van der Waals surface area contributed by atoms with Crippen molar-refractivity contribution >= 4 is 0 Å². The molecule has 0 bridgehead atoms. The van der Waals surface area contributed by atoms with Crippen molar-refractivity contribution in [1.82, 2.24) is 9.78 Å². The monoisotopic (exact) mass is 275 g/mol. The summed E-state index contributed by atoms with van der Waals surface area (Å²) in [6.45, 7) is 8.10. The first-order valence-corrected chi connectivity index (χ1v) is 7.01. The number of halogens is 1. The SMILES string of the molecule is CCc1c(C)nn(C(c2cccc(F)c2)C(C)N)c1C. The minimum atomic E-state index is -0.245. The van der Waals surface area contributed by atoms with Crippen molar-refractivity contribution in [2.45, 2.75) is 46.2 Å². The zero-order chi connectivity index (χ0) is 14.9. The van der Waals surface area contributed by atoms with Crippen molar-refractivity contribution in [3.8, 4) is 0 Å². The molecule has 2 unspecified atom stereocenters. The third-order valence-electron chi connectivity index (χ3n) is 3.78. The van der Waals surface area contributed by atoms with Crippen LogP contribution in [0.2, 0.25) is 0 Å². The molecule has 0 spiro atoms. The summed E-state index contributed by atoms with van der Waals surface area (Å²) in [5.41, 5.74) is 10.4. The molecule has 2 N–H and O–H groups in total. The molecule has 0 aliphatic heterocycles. The quantitative estimate of drug-likeness (QED) is 0.931. The highest BCUT2D eigenvalue weighted by Crippen LogP contribution is 2.26. The van der Waals surface area contributed by atoms with Gasteiger partial charge in [0.05, 0.1) is 11.7 Å². The van der Waals surface area contributed by atoms with Gasteiger partial charge in [-0.05, 0) is 50.5 Å². The lowest BCUT2D eigenvalue weighted by molar-refractivity contribution is 0.441. The topological polar surface area (TPSA) is 43.8 Å². The Balaban J connectivity index is 2.55. The Kier molecular flexibility index (Phi) is 4.23. The normalized spacial score (nSPS) is 14.3. The predicted octanol–water partition coefficient (Wildman–Crippen LogP) is 3.14. The van der Waals surface area contributed by atoms with Crippen LogP contribution in [0.4, 0.5) is 4.39 Å². The summed E-state index contributed by atoms with van der Waals surface area (Å²) in [5, 5.41) is 4.62. The van der Waals surface area contributed by atoms with E-state index in [1.807, 2.05) is 31.5 Å². The van der Waals surface area contributed by atoms with E-state index in [4.69, 9.17) is 5.73 Å². The van der Waals surface area contributed by atoms with Crippen LogP contribution in [0.5, 0.6) is 0 Å². The van der Waals surface area contributed by atoms with Crippen LogP contribution >= 0.6 is 0 Å². The van der Waals surface area contributed by atoms with Crippen molar-refractivity contribution in [1.29, 1.82) is 0 Å². The zero-order valence-corrected chi connectivity index (χ0v) is 12.5. The lowest BCUT2D eigenvalue weighted by Gasteiger charge is -2.23. The molecular weight excluding hydrogens is 253 g/mol. The number of nitrogens with two attached hydrogens (primary N) is 1. The maximum atomic E-state index is 13.5. The fourth-order valence-electron chi connectivity index (χ4n) is 2.84. The Bertz CT molecular complexity index is 602. The largest absolute Gasteiger partial charge is 0.326 e. The van der Waals surface area contributed by atoms with Crippen LogP contribution in [0.1, 0.15) is 42.4 Å². The zero-order valence-electron chi connectivity index (χ0n) is 12.5. The standard InChI is InChI=1S/C16H22FN3/c1-5-15-11(3)19-20(12(15)4)16(10(2)18)13-7-6-8-14(17)9-13/h6-10,16H,5,18H2,1-4H3. The molecule has 0 radical (unpaired) electrons. The number of hydrogen-bond donors (Lipinski definition) is 1. The van der Waals surface area contributed by atoms with Crippen LogP contribution in [0.15, 0.2) is 24.3 Å². The number of rotatable bonds is 4. The highest BCUT2D eigenvalue weighted by molar-refractivity contribution is 5.29. The van der Waals surface area contributed by atoms with Crippen molar-refractivity contribution in [3.05, 3.63) is 52.6 Å². The van der Waals surface area contributed by atoms with E-state index in [0.29, 0.717) is 0 Å². The molecule has 1 aromatic carbocycles. The average Bonchev–Trinajstić information content (AvgIpc) is 2.64. The summed E-state index contributed by atoms with van der Waals surface area (Å²) in [4.78, 5) is 0. The van der Waals surface area contributed by atoms with E-state index in [1.54, 1.807) is 6.07 Å². The van der Waals surface area contributed by atoms with Gasteiger partial charge >= 0.3 is 0 Å². The number of hydrogen-bond acceptors (Lipinski definition) is 2. The first-order valence-electron chi connectivity index (χ1n) is 7.01. The Labute approximate surface area is 119 Å². The van der Waals surface area contributed by atoms with Crippen molar-refractivity contribution < 1.29 is 4.39 Å². The fraction of sp³-hybridized carbons (Fsp3) is 0.438. The second-order valence-electron chi connectivity index (χ2n) is 5.31. The molecule has 0 amide bonds. The third kappa shape index (κ3) is 2.61. The lowest BCUT2D eigenvalue weighted by atomic mass is 10.0. The second kappa shape index (κ2) is 5.75. The van der Waals surface area contributed by atoms with Crippen LogP contribution in [-0.2, 0) is 6.42 Å². The van der Waals surface area contributed by atoms with E-state index in [0.717, 1.165) is 23.4 Å². The van der Waals surface area contributed by atoms with E-state index in [9.17, 15) is 4.39 Å². The molecule has 2 atom stereocenters. The summed E-state index contributed by atoms with van der Waals surface area (Å²) in [6, 6.07) is 6.30. The Morgan fingerprint density at radius 3 is 2.55 bits per heavy atom. The van der Waals surface area contributed by atoms with Gasteiger partial charge in [0.1, 0.15) is 5.82 Å². The first-order chi connectivity index (χ1) is 9.45. The van der Waals surface area contributed by atoms with Gasteiger partial charge in [-0.15, -0.1) is 0 Å². The maximum absolute atomic E-state index is 13.5. The molecule has 3 nitrogen and oxygen atoms in total. The fourth-order valence-corrected chi connectivity index (χ4v) is 2.84. The summed E-state index contributed by atoms with van der Waals surface area (Å²) in [5.74, 6) is -0.245. The van der Waals surface area contributed by atoms with E-state index in [1.165, 1.54) is 17.7 Å². The van der Waals surface area contributed by atoms with Gasteiger partial charge in [0.2, 0.25) is 0 Å². The number of nitrogens with zero attached hydrogens (tertiary/aromatic N) is 2. The lowest BCUT2D eigenvalue weighted by Crippen LogP contribution is -2.31. The second-order valence-corrected chi connectivity index (χ2v) is 5.31. The van der Waals surface area contributed by atoms with Gasteiger partial charge in [-0.1, -0.05) is 19.1 Å². The predicted molar refractivity (Wildman–Crippen MR) is 79.3 cm³/mol. The molecule has 2 rings (SSSR count). The van der Waals surface area contributed by atoms with Gasteiger partial charge in [0, 0.05) is 11.7 Å². The van der Waals surface area contributed by atoms with Crippen molar-refractivity contribution in [2.24, 2.45) is 5.73 Å². The minimum Gasteiger partial charge on any atom is -0.326 e. The molecular formula is C16H22FN3. The minimum absolute atomic E-state index is 0.148. The molecule has 0 aliphatic carbocycles. The molecule has 0 saturated heterocycles. The van der Waals surface area contributed by atoms with E-state index in [-0.39, 0.29) is 17.9 Å². The number of benzene rings is 1. The average molecular weight is 275 g/mol. The Morgan fingerprint density at radius 2 is 2.05 bits per heavy atom. The van der Waals surface area contributed by atoms with E-state index in [2.05, 4.69) is 12.0 Å². The van der Waals surface area contributed by atoms with Gasteiger partial charge < -0.3 is 5.73 Å². The molecule has 2 aromatic rings. The summed E-state index contributed by atoms with van der Waals surface area (Å²) in [7, 11) is 0. The molecule has 1 heterocycles. The number of aryl methyl sites for hydroxylation is 1. The molecule has 1 aromatic heterocycles. The molecule has 108 valence electrons. The van der Waals surface area contributed by atoms with Gasteiger partial charge in [0.15, 0.2) is 0 Å². The van der Waals surface area contributed by atoms with Gasteiger partial charge in [-0.3, -0.25) is 4.68 Å². The molecule has 20 heavy (non-hydrogen) atoms. The van der Waals surface area contributed by atoms with Gasteiger partial charge in [-0.25, -0.2) is 4.39 Å². The van der Waals surface area contributed by atoms with Crippen LogP contribution in [0, 0.1) is 19.7 Å². The molecule has 0 fully saturated rings. The Hall–Kier alpha value is -1.68. The number of aromatic nitrogens is 2. The molecule has 0 aliphatic rings. The van der Waals surface area contributed by atoms with Gasteiger partial charge in [-0.2, -0.15) is 5.10 Å². The molecule has 0 saturated carbocycles. The van der Waals surface area contributed by atoms with Crippen molar-refractivity contribution in [2.75, 3.05) is 0 Å². The molecule has 4 heteroatoms. The smallest absolute Gasteiger partial charge is 0.123 e.